The number of thioether (sulfide) groups is 1. The summed E-state index contributed by atoms with van der Waals surface area (Å²) in [6, 6.07) is 9.54. The van der Waals surface area contributed by atoms with Gasteiger partial charge < -0.3 is 19.5 Å². The Hall–Kier alpha value is -3.46. The Morgan fingerprint density at radius 3 is 2.27 bits per heavy atom. The summed E-state index contributed by atoms with van der Waals surface area (Å²) in [5, 5.41) is 12.3. The topological polar surface area (TPSA) is 87.5 Å². The first-order valence-electron chi connectivity index (χ1n) is 10.3. The minimum Gasteiger partial charge on any atom is -0.493 e. The van der Waals surface area contributed by atoms with E-state index in [1.807, 2.05) is 48.7 Å². The maximum Gasteiger partial charge on any atom is 0.234 e. The second-order valence-electron chi connectivity index (χ2n) is 7.22. The van der Waals surface area contributed by atoms with E-state index < -0.39 is 0 Å². The molecule has 0 aliphatic rings. The normalized spacial score (nSPS) is 10.6. The van der Waals surface area contributed by atoms with Gasteiger partial charge in [0, 0.05) is 17.8 Å². The molecule has 3 aromatic rings. The minimum atomic E-state index is -0.111. The zero-order valence-corrected chi connectivity index (χ0v) is 20.3. The van der Waals surface area contributed by atoms with Gasteiger partial charge in [0.2, 0.25) is 11.7 Å². The number of allylic oxidation sites excluding steroid dienone is 1. The van der Waals surface area contributed by atoms with E-state index in [9.17, 15) is 4.79 Å². The molecule has 1 N–H and O–H groups in total. The van der Waals surface area contributed by atoms with Gasteiger partial charge in [-0.1, -0.05) is 36.0 Å². The molecule has 33 heavy (non-hydrogen) atoms. The molecule has 0 aliphatic carbocycles. The van der Waals surface area contributed by atoms with Crippen LogP contribution in [-0.4, -0.2) is 47.8 Å². The molecule has 1 heterocycles. The minimum absolute atomic E-state index is 0.111. The highest BCUT2D eigenvalue weighted by atomic mass is 32.2. The van der Waals surface area contributed by atoms with Crippen molar-refractivity contribution in [3.63, 3.8) is 0 Å². The number of ether oxygens (including phenoxy) is 3. The van der Waals surface area contributed by atoms with Crippen LogP contribution < -0.4 is 19.5 Å². The smallest absolute Gasteiger partial charge is 0.234 e. The molecule has 174 valence electrons. The van der Waals surface area contributed by atoms with Crippen LogP contribution in [0.5, 0.6) is 17.2 Å². The molecular formula is C24H28N4O4S. The van der Waals surface area contributed by atoms with Crippen molar-refractivity contribution >= 4 is 23.4 Å². The maximum atomic E-state index is 12.6. The van der Waals surface area contributed by atoms with Gasteiger partial charge in [0.15, 0.2) is 22.5 Å². The van der Waals surface area contributed by atoms with Gasteiger partial charge >= 0.3 is 0 Å². The van der Waals surface area contributed by atoms with Gasteiger partial charge in [0.25, 0.3) is 0 Å². The molecule has 2 aromatic carbocycles. The van der Waals surface area contributed by atoms with Crippen molar-refractivity contribution in [1.29, 1.82) is 0 Å². The predicted molar refractivity (Wildman–Crippen MR) is 131 cm³/mol. The van der Waals surface area contributed by atoms with Crippen molar-refractivity contribution in [2.24, 2.45) is 0 Å². The average Bonchev–Trinajstić information content (AvgIpc) is 3.21. The molecule has 0 saturated carbocycles. The van der Waals surface area contributed by atoms with E-state index in [0.29, 0.717) is 34.8 Å². The Bertz CT molecular complexity index is 1110. The largest absolute Gasteiger partial charge is 0.493 e. The second-order valence-corrected chi connectivity index (χ2v) is 8.17. The third-order valence-electron chi connectivity index (χ3n) is 5.03. The van der Waals surface area contributed by atoms with Gasteiger partial charge in [-0.15, -0.1) is 16.8 Å². The number of hydrogen-bond acceptors (Lipinski definition) is 7. The van der Waals surface area contributed by atoms with Crippen molar-refractivity contribution in [1.82, 2.24) is 14.8 Å². The van der Waals surface area contributed by atoms with E-state index in [2.05, 4.69) is 22.1 Å². The van der Waals surface area contributed by atoms with Crippen LogP contribution in [0.2, 0.25) is 0 Å². The first kappa shape index (κ1) is 24.2. The quantitative estimate of drug-likeness (QED) is 0.346. The summed E-state index contributed by atoms with van der Waals surface area (Å²) in [6.07, 6.45) is 1.76. The maximum absolute atomic E-state index is 12.6. The van der Waals surface area contributed by atoms with Gasteiger partial charge in [-0.25, -0.2) is 0 Å². The number of aromatic nitrogens is 3. The number of anilines is 1. The van der Waals surface area contributed by atoms with Crippen LogP contribution in [0.15, 0.2) is 48.1 Å². The van der Waals surface area contributed by atoms with Crippen LogP contribution in [0.4, 0.5) is 5.69 Å². The van der Waals surface area contributed by atoms with Gasteiger partial charge in [-0.2, -0.15) is 0 Å². The summed E-state index contributed by atoms with van der Waals surface area (Å²) in [7, 11) is 4.68. The van der Waals surface area contributed by atoms with Crippen LogP contribution in [0.25, 0.3) is 11.4 Å². The Morgan fingerprint density at radius 2 is 1.73 bits per heavy atom. The highest BCUT2D eigenvalue weighted by Crippen LogP contribution is 2.41. The number of benzene rings is 2. The Kier molecular flexibility index (Phi) is 8.00. The van der Waals surface area contributed by atoms with Crippen LogP contribution in [0.3, 0.4) is 0 Å². The van der Waals surface area contributed by atoms with E-state index in [-0.39, 0.29) is 11.7 Å². The van der Waals surface area contributed by atoms with Crippen molar-refractivity contribution in [2.45, 2.75) is 25.5 Å². The number of nitrogens with zero attached hydrogens (tertiary/aromatic N) is 3. The van der Waals surface area contributed by atoms with Crippen molar-refractivity contribution in [2.75, 3.05) is 32.4 Å². The lowest BCUT2D eigenvalue weighted by molar-refractivity contribution is -0.113. The lowest BCUT2D eigenvalue weighted by Crippen LogP contribution is -2.16. The second kappa shape index (κ2) is 10.9. The predicted octanol–water partition coefficient (Wildman–Crippen LogP) is 4.50. The third kappa shape index (κ3) is 5.31. The van der Waals surface area contributed by atoms with Crippen LogP contribution in [0, 0.1) is 13.8 Å². The average molecular weight is 469 g/mol. The molecule has 0 bridgehead atoms. The molecular weight excluding hydrogens is 440 g/mol. The summed E-state index contributed by atoms with van der Waals surface area (Å²) >= 11 is 1.31. The molecule has 0 unspecified atom stereocenters. The van der Waals surface area contributed by atoms with Gasteiger partial charge in [-0.05, 0) is 37.1 Å². The van der Waals surface area contributed by atoms with E-state index >= 15 is 0 Å². The van der Waals surface area contributed by atoms with E-state index in [1.165, 1.54) is 11.8 Å². The molecule has 1 aromatic heterocycles. The van der Waals surface area contributed by atoms with E-state index in [1.54, 1.807) is 27.4 Å². The fraction of sp³-hybridized carbons (Fsp3) is 0.292. The van der Waals surface area contributed by atoms with Crippen LogP contribution >= 0.6 is 11.8 Å². The molecule has 1 amide bonds. The summed E-state index contributed by atoms with van der Waals surface area (Å²) in [4.78, 5) is 12.6. The molecule has 0 atom stereocenters. The molecule has 0 spiro atoms. The number of hydrogen-bond donors (Lipinski definition) is 1. The first-order valence-corrected chi connectivity index (χ1v) is 11.2. The number of methoxy groups -OCH3 is 3. The Morgan fingerprint density at radius 1 is 1.09 bits per heavy atom. The monoisotopic (exact) mass is 468 g/mol. The lowest BCUT2D eigenvalue weighted by Gasteiger charge is -2.14. The SMILES string of the molecule is C=CCn1c(SCC(=O)Nc2c(C)cccc2C)nnc1-c1cc(OC)c(OC)c(OC)c1. The summed E-state index contributed by atoms with van der Waals surface area (Å²) in [5.74, 6) is 2.21. The summed E-state index contributed by atoms with van der Waals surface area (Å²) in [5.41, 5.74) is 3.63. The molecule has 0 fully saturated rings. The fourth-order valence-corrected chi connectivity index (χ4v) is 4.18. The Labute approximate surface area is 198 Å². The number of carbonyl (C=O) groups excluding carboxylic acids is 1. The number of rotatable bonds is 10. The third-order valence-corrected chi connectivity index (χ3v) is 6.00. The fourth-order valence-electron chi connectivity index (χ4n) is 3.43. The van der Waals surface area contributed by atoms with Crippen molar-refractivity contribution < 1.29 is 19.0 Å². The van der Waals surface area contributed by atoms with Crippen molar-refractivity contribution in [3.05, 3.63) is 54.1 Å². The highest BCUT2D eigenvalue weighted by Gasteiger charge is 2.20. The summed E-state index contributed by atoms with van der Waals surface area (Å²) in [6.45, 7) is 8.26. The standard InChI is InChI=1S/C24H28N4O4S/c1-7-11-28-23(17-12-18(30-4)22(32-6)19(13-17)31-5)26-27-24(28)33-14-20(29)25-21-15(2)9-8-10-16(21)3/h7-10,12-13H,1,11,14H2,2-6H3,(H,25,29). The highest BCUT2D eigenvalue weighted by molar-refractivity contribution is 7.99. The van der Waals surface area contributed by atoms with Gasteiger partial charge in [-0.3, -0.25) is 9.36 Å². The molecule has 8 nitrogen and oxygen atoms in total. The first-order chi connectivity index (χ1) is 15.9. The van der Waals surface area contributed by atoms with E-state index in [4.69, 9.17) is 14.2 Å². The number of carbonyl (C=O) groups is 1. The van der Waals surface area contributed by atoms with E-state index in [0.717, 1.165) is 22.4 Å². The summed E-state index contributed by atoms with van der Waals surface area (Å²) < 4.78 is 18.2. The zero-order chi connectivity index (χ0) is 24.0. The van der Waals surface area contributed by atoms with Crippen LogP contribution in [-0.2, 0) is 11.3 Å². The molecule has 0 radical (unpaired) electrons. The van der Waals surface area contributed by atoms with Crippen LogP contribution in [0.1, 0.15) is 11.1 Å². The number of para-hydroxylation sites is 1. The number of amides is 1. The molecule has 0 aliphatic heterocycles. The van der Waals surface area contributed by atoms with Gasteiger partial charge in [0.1, 0.15) is 0 Å². The number of nitrogens with one attached hydrogen (secondary N) is 1. The lowest BCUT2D eigenvalue weighted by atomic mass is 10.1. The molecule has 3 rings (SSSR count). The van der Waals surface area contributed by atoms with Gasteiger partial charge in [0.05, 0.1) is 27.1 Å². The van der Waals surface area contributed by atoms with Crippen molar-refractivity contribution in [3.8, 4) is 28.6 Å². The number of aryl methyl sites for hydroxylation is 2. The molecule has 0 saturated heterocycles. The zero-order valence-electron chi connectivity index (χ0n) is 19.5. The Balaban J connectivity index is 1.86. The molecule has 9 heteroatoms.